The molecule has 0 aliphatic carbocycles. The lowest BCUT2D eigenvalue weighted by Gasteiger charge is -2.23. The molecule has 5 heteroatoms. The van der Waals surface area contributed by atoms with Crippen molar-refractivity contribution in [3.63, 3.8) is 0 Å². The molecule has 1 aliphatic rings. The first-order valence-electron chi connectivity index (χ1n) is 8.17. The molecular weight excluding hydrogens is 304 g/mol. The molecule has 2 aromatic rings. The van der Waals surface area contributed by atoms with Crippen molar-refractivity contribution >= 4 is 22.8 Å². The normalized spacial score (nSPS) is 21.7. The molecule has 0 radical (unpaired) electrons. The quantitative estimate of drug-likeness (QED) is 0.908. The van der Waals surface area contributed by atoms with Gasteiger partial charge in [0.25, 0.3) is 0 Å². The number of urea groups is 1. The lowest BCUT2D eigenvalue weighted by molar-refractivity contribution is -0.146. The molecule has 0 saturated carbocycles. The molecule has 0 aromatic heterocycles. The number of hydrogen-bond donors (Lipinski definition) is 2. The Bertz CT molecular complexity index is 784. The summed E-state index contributed by atoms with van der Waals surface area (Å²) >= 11 is 0. The summed E-state index contributed by atoms with van der Waals surface area (Å²) in [6, 6.07) is 13.8. The average Bonchev–Trinajstić information content (AvgIpc) is 2.98. The minimum Gasteiger partial charge on any atom is -0.481 e. The molecule has 1 fully saturated rings. The van der Waals surface area contributed by atoms with Crippen molar-refractivity contribution in [1.82, 2.24) is 10.2 Å². The fourth-order valence-corrected chi connectivity index (χ4v) is 3.29. The summed E-state index contributed by atoms with van der Waals surface area (Å²) in [5.74, 6) is -0.847. The SMILES string of the molecule is CC(NC(=O)N1CCC(C)(C(=O)O)C1)c1cccc2ccccc12. The highest BCUT2D eigenvalue weighted by Gasteiger charge is 2.42. The Kier molecular flexibility index (Phi) is 4.18. The number of fused-ring (bicyclic) bond motifs is 1. The highest BCUT2D eigenvalue weighted by atomic mass is 16.4. The number of aliphatic carboxylic acids is 1. The van der Waals surface area contributed by atoms with E-state index in [4.69, 9.17) is 0 Å². The van der Waals surface area contributed by atoms with Crippen LogP contribution in [-0.2, 0) is 4.79 Å². The van der Waals surface area contributed by atoms with Gasteiger partial charge in [-0.25, -0.2) is 4.79 Å². The van der Waals surface area contributed by atoms with Crippen LogP contribution in [0.2, 0.25) is 0 Å². The molecule has 3 rings (SSSR count). The van der Waals surface area contributed by atoms with E-state index < -0.39 is 11.4 Å². The summed E-state index contributed by atoms with van der Waals surface area (Å²) < 4.78 is 0. The van der Waals surface area contributed by atoms with Gasteiger partial charge in [0.2, 0.25) is 0 Å². The van der Waals surface area contributed by atoms with Gasteiger partial charge in [-0.1, -0.05) is 42.5 Å². The van der Waals surface area contributed by atoms with Crippen LogP contribution in [0.5, 0.6) is 0 Å². The molecule has 0 spiro atoms. The Hall–Kier alpha value is -2.56. The maximum absolute atomic E-state index is 12.5. The monoisotopic (exact) mass is 326 g/mol. The summed E-state index contributed by atoms with van der Waals surface area (Å²) in [5.41, 5.74) is 0.210. The van der Waals surface area contributed by atoms with E-state index in [1.807, 2.05) is 49.4 Å². The summed E-state index contributed by atoms with van der Waals surface area (Å²) in [5, 5.41) is 14.5. The van der Waals surface area contributed by atoms with Crippen molar-refractivity contribution in [2.75, 3.05) is 13.1 Å². The lowest BCUT2D eigenvalue weighted by Crippen LogP contribution is -2.41. The Morgan fingerprint density at radius 2 is 1.92 bits per heavy atom. The first kappa shape index (κ1) is 16.3. The molecule has 1 saturated heterocycles. The number of amides is 2. The second-order valence-corrected chi connectivity index (χ2v) is 6.78. The Morgan fingerprint density at radius 1 is 1.21 bits per heavy atom. The molecule has 1 aliphatic heterocycles. The van der Waals surface area contributed by atoms with Gasteiger partial charge in [0, 0.05) is 13.1 Å². The van der Waals surface area contributed by atoms with Crippen molar-refractivity contribution in [3.8, 4) is 0 Å². The van der Waals surface area contributed by atoms with Crippen LogP contribution in [0.4, 0.5) is 4.79 Å². The van der Waals surface area contributed by atoms with Gasteiger partial charge in [0.05, 0.1) is 11.5 Å². The van der Waals surface area contributed by atoms with Gasteiger partial charge in [-0.15, -0.1) is 0 Å². The van der Waals surface area contributed by atoms with E-state index in [9.17, 15) is 14.7 Å². The van der Waals surface area contributed by atoms with Gasteiger partial charge in [0.1, 0.15) is 0 Å². The molecule has 126 valence electrons. The second-order valence-electron chi connectivity index (χ2n) is 6.78. The standard InChI is InChI=1S/C19H22N2O3/c1-13(15-9-5-7-14-6-3-4-8-16(14)15)20-18(24)21-11-10-19(2,12-21)17(22)23/h3-9,13H,10-12H2,1-2H3,(H,20,24)(H,22,23). The second kappa shape index (κ2) is 6.15. The van der Waals surface area contributed by atoms with E-state index in [0.717, 1.165) is 16.3 Å². The van der Waals surface area contributed by atoms with Gasteiger partial charge in [-0.05, 0) is 36.6 Å². The maximum atomic E-state index is 12.5. The predicted octanol–water partition coefficient (Wildman–Crippen LogP) is 3.41. The van der Waals surface area contributed by atoms with Crippen molar-refractivity contribution < 1.29 is 14.7 Å². The van der Waals surface area contributed by atoms with Crippen molar-refractivity contribution in [3.05, 3.63) is 48.0 Å². The number of carboxylic acids is 1. The zero-order valence-corrected chi connectivity index (χ0v) is 14.0. The predicted molar refractivity (Wildman–Crippen MR) is 92.8 cm³/mol. The van der Waals surface area contributed by atoms with Crippen molar-refractivity contribution in [1.29, 1.82) is 0 Å². The molecule has 2 N–H and O–H groups in total. The number of benzene rings is 2. The minimum atomic E-state index is -0.847. The van der Waals surface area contributed by atoms with Crippen molar-refractivity contribution in [2.45, 2.75) is 26.3 Å². The number of likely N-dealkylation sites (tertiary alicyclic amines) is 1. The first-order chi connectivity index (χ1) is 11.4. The topological polar surface area (TPSA) is 69.6 Å². The fraction of sp³-hybridized carbons (Fsp3) is 0.368. The van der Waals surface area contributed by atoms with E-state index in [0.29, 0.717) is 13.0 Å². The number of carbonyl (C=O) groups is 2. The lowest BCUT2D eigenvalue weighted by atomic mass is 9.90. The summed E-state index contributed by atoms with van der Waals surface area (Å²) in [4.78, 5) is 25.4. The summed E-state index contributed by atoms with van der Waals surface area (Å²) in [6.45, 7) is 4.36. The van der Waals surface area contributed by atoms with E-state index in [1.165, 1.54) is 0 Å². The van der Waals surface area contributed by atoms with Crippen LogP contribution in [-0.4, -0.2) is 35.1 Å². The molecule has 2 atom stereocenters. The van der Waals surface area contributed by atoms with Crippen LogP contribution < -0.4 is 5.32 Å². The molecule has 24 heavy (non-hydrogen) atoms. The first-order valence-corrected chi connectivity index (χ1v) is 8.17. The smallest absolute Gasteiger partial charge is 0.317 e. The third-order valence-corrected chi connectivity index (χ3v) is 4.91. The van der Waals surface area contributed by atoms with Gasteiger partial charge in [-0.3, -0.25) is 4.79 Å². The maximum Gasteiger partial charge on any atom is 0.317 e. The Balaban J connectivity index is 1.74. The van der Waals surface area contributed by atoms with E-state index in [2.05, 4.69) is 5.32 Å². The summed E-state index contributed by atoms with van der Waals surface area (Å²) in [6.07, 6.45) is 0.485. The van der Waals surface area contributed by atoms with Gasteiger partial charge in [-0.2, -0.15) is 0 Å². The third-order valence-electron chi connectivity index (χ3n) is 4.91. The highest BCUT2D eigenvalue weighted by molar-refractivity contribution is 5.87. The number of carboxylic acid groups (broad SMARTS) is 1. The van der Waals surface area contributed by atoms with Crippen LogP contribution in [0.3, 0.4) is 0 Å². The molecule has 1 heterocycles. The zero-order chi connectivity index (χ0) is 17.3. The zero-order valence-electron chi connectivity index (χ0n) is 14.0. The van der Waals surface area contributed by atoms with E-state index in [1.54, 1.807) is 11.8 Å². The number of nitrogens with one attached hydrogen (secondary N) is 1. The Labute approximate surface area is 141 Å². The van der Waals surface area contributed by atoms with E-state index in [-0.39, 0.29) is 18.6 Å². The van der Waals surface area contributed by atoms with Crippen LogP contribution in [0.15, 0.2) is 42.5 Å². The average molecular weight is 326 g/mol. The largest absolute Gasteiger partial charge is 0.481 e. The third kappa shape index (κ3) is 2.94. The number of carbonyl (C=O) groups excluding carboxylic acids is 1. The Morgan fingerprint density at radius 3 is 2.62 bits per heavy atom. The van der Waals surface area contributed by atoms with Gasteiger partial charge < -0.3 is 15.3 Å². The molecule has 2 aromatic carbocycles. The highest BCUT2D eigenvalue weighted by Crippen LogP contribution is 2.30. The van der Waals surface area contributed by atoms with Gasteiger partial charge in [0.15, 0.2) is 0 Å². The molecule has 5 nitrogen and oxygen atoms in total. The number of hydrogen-bond acceptors (Lipinski definition) is 2. The molecular formula is C19H22N2O3. The van der Waals surface area contributed by atoms with E-state index >= 15 is 0 Å². The molecule has 2 amide bonds. The molecule has 0 bridgehead atoms. The van der Waals surface area contributed by atoms with Crippen LogP contribution >= 0.6 is 0 Å². The van der Waals surface area contributed by atoms with Crippen LogP contribution in [0.25, 0.3) is 10.8 Å². The van der Waals surface area contributed by atoms with Crippen LogP contribution in [0.1, 0.15) is 31.9 Å². The van der Waals surface area contributed by atoms with Crippen molar-refractivity contribution in [2.24, 2.45) is 5.41 Å². The fourth-order valence-electron chi connectivity index (χ4n) is 3.29. The summed E-state index contributed by atoms with van der Waals surface area (Å²) in [7, 11) is 0. The van der Waals surface area contributed by atoms with Crippen LogP contribution in [0, 0.1) is 5.41 Å². The van der Waals surface area contributed by atoms with Gasteiger partial charge >= 0.3 is 12.0 Å². The number of rotatable bonds is 3. The number of nitrogens with zero attached hydrogens (tertiary/aromatic N) is 1. The minimum absolute atomic E-state index is 0.153. The molecule has 2 unspecified atom stereocenters.